The minimum atomic E-state index is 0.707. The van der Waals surface area contributed by atoms with E-state index in [2.05, 4.69) is 39.1 Å². The van der Waals surface area contributed by atoms with Crippen molar-refractivity contribution in [1.29, 1.82) is 0 Å². The average Bonchev–Trinajstić information content (AvgIpc) is 3.15. The third-order valence-corrected chi connectivity index (χ3v) is 5.85. The molecule has 1 heterocycles. The lowest BCUT2D eigenvalue weighted by Crippen LogP contribution is -2.51. The van der Waals surface area contributed by atoms with Crippen molar-refractivity contribution in [2.45, 2.75) is 57.0 Å². The van der Waals surface area contributed by atoms with Crippen LogP contribution in [0.25, 0.3) is 0 Å². The van der Waals surface area contributed by atoms with Crippen LogP contribution in [0.1, 0.15) is 44.1 Å². The largest absolute Gasteiger partial charge is 0.302 e. The van der Waals surface area contributed by atoms with Gasteiger partial charge >= 0.3 is 0 Å². The average molecular weight is 344 g/mol. The van der Waals surface area contributed by atoms with Gasteiger partial charge in [0, 0.05) is 18.6 Å². The normalized spacial score (nSPS) is 24.9. The van der Waals surface area contributed by atoms with Gasteiger partial charge in [-0.3, -0.25) is 4.90 Å². The first-order chi connectivity index (χ1) is 11.8. The lowest BCUT2D eigenvalue weighted by Gasteiger charge is -2.42. The van der Waals surface area contributed by atoms with E-state index in [1.165, 1.54) is 57.2 Å². The molecule has 24 heavy (non-hydrogen) atoms. The molecule has 0 bridgehead atoms. The number of nitrogens with zero attached hydrogens (tertiary/aromatic N) is 3. The standard InChI is InChI=1S/C20H29N3S/c1-22(15-12-17-8-2-3-9-18(17)21-16-24)19-10-4-5-11-20(19)23-13-6-7-14-23/h2-3,8-9,19-20H,4-7,10-15H2,1H3. The molecule has 1 saturated heterocycles. The molecule has 4 heteroatoms. The summed E-state index contributed by atoms with van der Waals surface area (Å²) in [6.45, 7) is 3.70. The maximum Gasteiger partial charge on any atom is 0.0771 e. The summed E-state index contributed by atoms with van der Waals surface area (Å²) < 4.78 is 0. The molecule has 1 aromatic rings. The molecule has 2 fully saturated rings. The molecule has 0 aromatic heterocycles. The van der Waals surface area contributed by atoms with Crippen LogP contribution in [-0.4, -0.2) is 53.7 Å². The Bertz CT molecular complexity index is 576. The highest BCUT2D eigenvalue weighted by atomic mass is 32.1. The Morgan fingerprint density at radius 3 is 2.71 bits per heavy atom. The molecule has 3 nitrogen and oxygen atoms in total. The van der Waals surface area contributed by atoms with Crippen molar-refractivity contribution in [3.05, 3.63) is 29.8 Å². The summed E-state index contributed by atoms with van der Waals surface area (Å²) in [6.07, 6.45) is 9.29. The van der Waals surface area contributed by atoms with Gasteiger partial charge in [0.15, 0.2) is 0 Å². The number of thiocarbonyl (C=S) groups is 1. The molecule has 3 rings (SSSR count). The molecule has 1 aromatic carbocycles. The molecule has 2 unspecified atom stereocenters. The number of para-hydroxylation sites is 1. The van der Waals surface area contributed by atoms with Crippen molar-refractivity contribution in [3.8, 4) is 0 Å². The molecule has 2 atom stereocenters. The lowest BCUT2D eigenvalue weighted by molar-refractivity contribution is 0.0772. The fourth-order valence-corrected chi connectivity index (χ4v) is 4.55. The zero-order valence-electron chi connectivity index (χ0n) is 14.8. The predicted molar refractivity (Wildman–Crippen MR) is 104 cm³/mol. The molecule has 1 aliphatic heterocycles. The molecular weight excluding hydrogens is 314 g/mol. The number of likely N-dealkylation sites (N-methyl/N-ethyl adjacent to an activating group) is 1. The smallest absolute Gasteiger partial charge is 0.0771 e. The summed E-state index contributed by atoms with van der Waals surface area (Å²) in [5.74, 6) is 0. The second-order valence-electron chi connectivity index (χ2n) is 7.22. The maximum atomic E-state index is 4.78. The minimum absolute atomic E-state index is 0.707. The number of benzene rings is 1. The van der Waals surface area contributed by atoms with Gasteiger partial charge in [-0.25, -0.2) is 0 Å². The van der Waals surface area contributed by atoms with Crippen LogP contribution in [-0.2, 0) is 6.42 Å². The van der Waals surface area contributed by atoms with Crippen LogP contribution >= 0.6 is 12.2 Å². The summed E-state index contributed by atoms with van der Waals surface area (Å²) in [5, 5.41) is 2.51. The summed E-state index contributed by atoms with van der Waals surface area (Å²) in [5.41, 5.74) is 2.25. The molecule has 0 amide bonds. The number of hydrogen-bond acceptors (Lipinski definition) is 4. The first-order valence-electron chi connectivity index (χ1n) is 9.39. The first-order valence-corrected chi connectivity index (χ1v) is 9.80. The number of aliphatic imine (C=N–C) groups is 1. The predicted octanol–water partition coefficient (Wildman–Crippen LogP) is 4.30. The minimum Gasteiger partial charge on any atom is -0.302 e. The van der Waals surface area contributed by atoms with Crippen LogP contribution in [0.5, 0.6) is 0 Å². The van der Waals surface area contributed by atoms with Gasteiger partial charge in [0.05, 0.1) is 10.8 Å². The highest BCUT2D eigenvalue weighted by molar-refractivity contribution is 7.78. The van der Waals surface area contributed by atoms with Crippen LogP contribution < -0.4 is 0 Å². The van der Waals surface area contributed by atoms with E-state index >= 15 is 0 Å². The van der Waals surface area contributed by atoms with E-state index in [0.29, 0.717) is 6.04 Å². The fraction of sp³-hybridized carbons (Fsp3) is 0.650. The number of isothiocyanates is 1. The second kappa shape index (κ2) is 8.87. The zero-order valence-corrected chi connectivity index (χ0v) is 15.6. The molecule has 0 spiro atoms. The van der Waals surface area contributed by atoms with Gasteiger partial charge in [-0.1, -0.05) is 31.0 Å². The van der Waals surface area contributed by atoms with Crippen molar-refractivity contribution < 1.29 is 0 Å². The zero-order chi connectivity index (χ0) is 16.8. The quantitative estimate of drug-likeness (QED) is 0.567. The summed E-state index contributed by atoms with van der Waals surface area (Å²) in [6, 6.07) is 9.77. The first kappa shape index (κ1) is 17.8. The van der Waals surface area contributed by atoms with Gasteiger partial charge in [0.25, 0.3) is 0 Å². The monoisotopic (exact) mass is 343 g/mol. The highest BCUT2D eigenvalue weighted by Gasteiger charge is 2.33. The molecule has 2 aliphatic rings. The van der Waals surface area contributed by atoms with Gasteiger partial charge in [-0.15, -0.1) is 0 Å². The van der Waals surface area contributed by atoms with Crippen molar-refractivity contribution in [2.75, 3.05) is 26.7 Å². The molecule has 0 N–H and O–H groups in total. The number of hydrogen-bond donors (Lipinski definition) is 0. The topological polar surface area (TPSA) is 18.8 Å². The Morgan fingerprint density at radius 2 is 1.92 bits per heavy atom. The van der Waals surface area contributed by atoms with Gasteiger partial charge in [0.2, 0.25) is 0 Å². The third-order valence-electron chi connectivity index (χ3n) is 5.76. The van der Waals surface area contributed by atoms with Crippen molar-refractivity contribution >= 4 is 23.1 Å². The van der Waals surface area contributed by atoms with Crippen LogP contribution in [0.15, 0.2) is 29.3 Å². The van der Waals surface area contributed by atoms with E-state index in [1.807, 2.05) is 12.1 Å². The molecule has 1 aliphatic carbocycles. The number of likely N-dealkylation sites (tertiary alicyclic amines) is 1. The van der Waals surface area contributed by atoms with Crippen LogP contribution in [0, 0.1) is 0 Å². The lowest BCUT2D eigenvalue weighted by atomic mass is 9.88. The van der Waals surface area contributed by atoms with Crippen molar-refractivity contribution in [3.63, 3.8) is 0 Å². The Hall–Kier alpha value is -1.06. The van der Waals surface area contributed by atoms with E-state index in [4.69, 9.17) is 12.2 Å². The van der Waals surface area contributed by atoms with Gasteiger partial charge in [0.1, 0.15) is 0 Å². The highest BCUT2D eigenvalue weighted by Crippen LogP contribution is 2.29. The Balaban J connectivity index is 1.63. The van der Waals surface area contributed by atoms with Crippen LogP contribution in [0.2, 0.25) is 0 Å². The van der Waals surface area contributed by atoms with E-state index in [1.54, 1.807) is 0 Å². The van der Waals surface area contributed by atoms with Crippen LogP contribution in [0.4, 0.5) is 5.69 Å². The van der Waals surface area contributed by atoms with E-state index in [0.717, 1.165) is 24.7 Å². The third kappa shape index (κ3) is 4.31. The SMILES string of the molecule is CN(CCc1ccccc1N=C=S)C1CCCCC1N1CCCC1. The maximum absolute atomic E-state index is 4.78. The van der Waals surface area contributed by atoms with Crippen LogP contribution in [0.3, 0.4) is 0 Å². The number of rotatable bonds is 6. The van der Waals surface area contributed by atoms with Crippen molar-refractivity contribution in [1.82, 2.24) is 9.80 Å². The van der Waals surface area contributed by atoms with Gasteiger partial charge < -0.3 is 4.90 Å². The molecular formula is C20H29N3S. The Labute approximate surface area is 151 Å². The van der Waals surface area contributed by atoms with E-state index < -0.39 is 0 Å². The second-order valence-corrected chi connectivity index (χ2v) is 7.41. The van der Waals surface area contributed by atoms with Gasteiger partial charge in [-0.2, -0.15) is 4.99 Å². The fourth-order valence-electron chi connectivity index (χ4n) is 4.45. The van der Waals surface area contributed by atoms with E-state index in [-0.39, 0.29) is 0 Å². The summed E-state index contributed by atoms with van der Waals surface area (Å²) in [4.78, 5) is 9.57. The molecule has 1 saturated carbocycles. The Kier molecular flexibility index (Phi) is 6.56. The summed E-state index contributed by atoms with van der Waals surface area (Å²) in [7, 11) is 2.31. The van der Waals surface area contributed by atoms with E-state index in [9.17, 15) is 0 Å². The summed E-state index contributed by atoms with van der Waals surface area (Å²) >= 11 is 4.78. The Morgan fingerprint density at radius 1 is 1.17 bits per heavy atom. The van der Waals surface area contributed by atoms with Crippen molar-refractivity contribution in [2.24, 2.45) is 4.99 Å². The van der Waals surface area contributed by atoms with Gasteiger partial charge in [-0.05, 0) is 76.1 Å². The molecule has 130 valence electrons. The molecule has 0 radical (unpaired) electrons.